The minimum atomic E-state index is -3.47. The van der Waals surface area contributed by atoms with E-state index >= 15 is 0 Å². The quantitative estimate of drug-likeness (QED) is 0.566. The lowest BCUT2D eigenvalue weighted by atomic mass is 10.6. The SMILES string of the molecule is C=CS(=O)(=O)N(CCS)CC[P+](F)=S. The van der Waals surface area contributed by atoms with E-state index in [1.807, 2.05) is 0 Å². The summed E-state index contributed by atoms with van der Waals surface area (Å²) in [7, 11) is -5.45. The Hall–Kier alpha value is 0.450. The van der Waals surface area contributed by atoms with E-state index in [0.29, 0.717) is 5.75 Å². The molecule has 0 rings (SSSR count). The predicted octanol–water partition coefficient (Wildman–Crippen LogP) is 1.52. The fourth-order valence-electron chi connectivity index (χ4n) is 0.773. The number of hydrogen-bond acceptors (Lipinski definition) is 4. The molecule has 0 N–H and O–H groups in total. The molecule has 8 heteroatoms. The highest BCUT2D eigenvalue weighted by Crippen LogP contribution is 2.21. The summed E-state index contributed by atoms with van der Waals surface area (Å²) in [6.07, 6.45) is 0.0749. The minimum absolute atomic E-state index is 0.0749. The van der Waals surface area contributed by atoms with Crippen LogP contribution in [0.3, 0.4) is 0 Å². The van der Waals surface area contributed by atoms with Gasteiger partial charge < -0.3 is 0 Å². The summed E-state index contributed by atoms with van der Waals surface area (Å²) < 4.78 is 36.2. The lowest BCUT2D eigenvalue weighted by molar-refractivity contribution is 0.457. The zero-order chi connectivity index (χ0) is 11.2. The van der Waals surface area contributed by atoms with Crippen molar-refractivity contribution in [3.63, 3.8) is 0 Å². The van der Waals surface area contributed by atoms with E-state index in [2.05, 4.69) is 31.0 Å². The number of hydrogen-bond donors (Lipinski definition) is 1. The molecule has 0 saturated carbocycles. The molecule has 0 aliphatic heterocycles. The maximum Gasteiger partial charge on any atom is 0.397 e. The van der Waals surface area contributed by atoms with E-state index in [1.165, 1.54) is 0 Å². The molecule has 0 spiro atoms. The first kappa shape index (κ1) is 14.5. The molecule has 1 atom stereocenters. The largest absolute Gasteiger partial charge is 0.397 e. The van der Waals surface area contributed by atoms with Gasteiger partial charge in [0.05, 0.1) is 6.54 Å². The molecule has 0 aliphatic rings. The Labute approximate surface area is 95.4 Å². The van der Waals surface area contributed by atoms with Crippen molar-refractivity contribution in [1.29, 1.82) is 0 Å². The maximum absolute atomic E-state index is 12.4. The van der Waals surface area contributed by atoms with Crippen molar-refractivity contribution in [3.8, 4) is 0 Å². The Balaban J connectivity index is 4.44. The van der Waals surface area contributed by atoms with Gasteiger partial charge in [0, 0.05) is 21.9 Å². The molecule has 0 radical (unpaired) electrons. The van der Waals surface area contributed by atoms with Crippen LogP contribution >= 0.6 is 19.6 Å². The van der Waals surface area contributed by atoms with Gasteiger partial charge in [-0.05, 0) is 0 Å². The zero-order valence-electron chi connectivity index (χ0n) is 7.47. The highest BCUT2D eigenvalue weighted by molar-refractivity contribution is 8.02. The minimum Gasteiger partial charge on any atom is -0.208 e. The smallest absolute Gasteiger partial charge is 0.208 e. The summed E-state index contributed by atoms with van der Waals surface area (Å²) in [5.41, 5.74) is 0. The van der Waals surface area contributed by atoms with Crippen molar-refractivity contribution in [3.05, 3.63) is 12.0 Å². The third-order valence-electron chi connectivity index (χ3n) is 1.45. The number of thiol groups is 1. The van der Waals surface area contributed by atoms with Crippen molar-refractivity contribution < 1.29 is 12.6 Å². The topological polar surface area (TPSA) is 37.4 Å². The number of rotatable bonds is 7. The number of halogens is 1. The van der Waals surface area contributed by atoms with E-state index in [1.54, 1.807) is 0 Å². The normalized spacial score (nSPS) is 12.9. The van der Waals surface area contributed by atoms with E-state index in [9.17, 15) is 12.6 Å². The molecule has 0 aliphatic carbocycles. The second-order valence-corrected chi connectivity index (χ2v) is 6.97. The third kappa shape index (κ3) is 5.36. The Bertz CT molecular complexity index is 306. The second-order valence-electron chi connectivity index (χ2n) is 2.38. The van der Waals surface area contributed by atoms with Crippen LogP contribution in [0.15, 0.2) is 12.0 Å². The van der Waals surface area contributed by atoms with Crippen molar-refractivity contribution in [2.75, 3.05) is 25.0 Å². The van der Waals surface area contributed by atoms with E-state index in [-0.39, 0.29) is 19.3 Å². The summed E-state index contributed by atoms with van der Waals surface area (Å²) in [6, 6.07) is 0. The van der Waals surface area contributed by atoms with Gasteiger partial charge in [0.2, 0.25) is 21.8 Å². The van der Waals surface area contributed by atoms with Gasteiger partial charge in [-0.25, -0.2) is 8.42 Å². The molecule has 0 saturated heterocycles. The summed E-state index contributed by atoms with van der Waals surface area (Å²) in [5.74, 6) is 0.384. The Morgan fingerprint density at radius 2 is 2.14 bits per heavy atom. The predicted molar refractivity (Wildman–Crippen MR) is 64.8 cm³/mol. The maximum atomic E-state index is 12.4. The molecular weight excluding hydrogens is 264 g/mol. The highest BCUT2D eigenvalue weighted by atomic mass is 32.4. The summed E-state index contributed by atoms with van der Waals surface area (Å²) in [6.45, 7) is 3.54. The zero-order valence-corrected chi connectivity index (χ0v) is 10.9. The van der Waals surface area contributed by atoms with Gasteiger partial charge in [-0.2, -0.15) is 16.9 Å². The van der Waals surface area contributed by atoms with Crippen molar-refractivity contribution in [1.82, 2.24) is 4.31 Å². The van der Waals surface area contributed by atoms with Gasteiger partial charge in [-0.3, -0.25) is 0 Å². The summed E-state index contributed by atoms with van der Waals surface area (Å²) in [4.78, 5) is 0. The average molecular weight is 276 g/mol. The average Bonchev–Trinajstić information content (AvgIpc) is 2.11. The van der Waals surface area contributed by atoms with Gasteiger partial charge in [-0.1, -0.05) is 6.58 Å². The van der Waals surface area contributed by atoms with Crippen LogP contribution in [-0.4, -0.2) is 37.7 Å². The lowest BCUT2D eigenvalue weighted by Gasteiger charge is -2.16. The molecule has 0 aromatic rings. The van der Waals surface area contributed by atoms with Crippen LogP contribution in [0.5, 0.6) is 0 Å². The highest BCUT2D eigenvalue weighted by Gasteiger charge is 2.21. The molecular formula is C6H12FNO2PS3+. The third-order valence-corrected chi connectivity index (χ3v) is 4.25. The van der Waals surface area contributed by atoms with Crippen molar-refractivity contribution in [2.45, 2.75) is 0 Å². The first-order chi connectivity index (χ1) is 6.44. The Morgan fingerprint density at radius 1 is 1.57 bits per heavy atom. The van der Waals surface area contributed by atoms with Crippen LogP contribution < -0.4 is 0 Å². The molecule has 0 fully saturated rings. The molecule has 3 nitrogen and oxygen atoms in total. The van der Waals surface area contributed by atoms with Crippen LogP contribution in [0.4, 0.5) is 4.20 Å². The second kappa shape index (κ2) is 6.85. The molecule has 0 amide bonds. The standard InChI is InChI=1S/C6H11FNO2PS3/c1-2-14(9,10)8(4-6-12)3-5-11(7)13/h2H,1,3-6H2/p+1. The molecule has 0 aromatic carbocycles. The van der Waals surface area contributed by atoms with Crippen LogP contribution in [0, 0.1) is 0 Å². The Morgan fingerprint density at radius 3 is 2.50 bits per heavy atom. The van der Waals surface area contributed by atoms with Crippen LogP contribution in [0.2, 0.25) is 0 Å². The summed E-state index contributed by atoms with van der Waals surface area (Å²) in [5, 5.41) is 0.848. The van der Waals surface area contributed by atoms with Gasteiger partial charge in [-0.15, -0.1) is 0 Å². The lowest BCUT2D eigenvalue weighted by Crippen LogP contribution is -2.33. The fourth-order valence-corrected chi connectivity index (χ4v) is 2.83. The van der Waals surface area contributed by atoms with E-state index in [4.69, 9.17) is 0 Å². The first-order valence-electron chi connectivity index (χ1n) is 3.78. The first-order valence-corrected chi connectivity index (χ1v) is 8.34. The molecule has 0 heterocycles. The van der Waals surface area contributed by atoms with Gasteiger partial charge in [0.1, 0.15) is 0 Å². The van der Waals surface area contributed by atoms with Gasteiger partial charge >= 0.3 is 7.01 Å². The fraction of sp³-hybridized carbons (Fsp3) is 0.667. The van der Waals surface area contributed by atoms with Crippen molar-refractivity contribution in [2.24, 2.45) is 0 Å². The number of nitrogens with zero attached hydrogens (tertiary/aromatic N) is 1. The monoisotopic (exact) mass is 276 g/mol. The van der Waals surface area contributed by atoms with Crippen LogP contribution in [-0.2, 0) is 21.8 Å². The molecule has 14 heavy (non-hydrogen) atoms. The van der Waals surface area contributed by atoms with E-state index in [0.717, 1.165) is 9.71 Å². The van der Waals surface area contributed by atoms with E-state index < -0.39 is 17.0 Å². The van der Waals surface area contributed by atoms with Gasteiger partial charge in [0.25, 0.3) is 0 Å². The summed E-state index contributed by atoms with van der Waals surface area (Å²) >= 11 is 8.29. The van der Waals surface area contributed by atoms with Crippen LogP contribution in [0.1, 0.15) is 0 Å². The number of sulfonamides is 1. The van der Waals surface area contributed by atoms with Crippen molar-refractivity contribution >= 4 is 41.5 Å². The molecule has 0 aromatic heterocycles. The molecule has 1 unspecified atom stereocenters. The molecule has 82 valence electrons. The van der Waals surface area contributed by atoms with Gasteiger partial charge in [0.15, 0.2) is 6.16 Å². The molecule has 0 bridgehead atoms. The van der Waals surface area contributed by atoms with Crippen LogP contribution in [0.25, 0.3) is 0 Å². The Kier molecular flexibility index (Phi) is 7.07.